The number of benzene rings is 1. The molecule has 1 heterocycles. The first-order valence-electron chi connectivity index (χ1n) is 6.76. The normalized spacial score (nSPS) is 10.7. The van der Waals surface area contributed by atoms with Crippen LogP contribution in [-0.2, 0) is 11.2 Å². The second-order valence-corrected chi connectivity index (χ2v) is 4.51. The van der Waals surface area contributed by atoms with E-state index < -0.39 is 0 Å². The number of hydrogen-bond acceptors (Lipinski definition) is 4. The number of methoxy groups -OCH3 is 1. The Morgan fingerprint density at radius 1 is 1.33 bits per heavy atom. The van der Waals surface area contributed by atoms with Crippen LogP contribution in [0.3, 0.4) is 0 Å². The summed E-state index contributed by atoms with van der Waals surface area (Å²) in [5.41, 5.74) is 3.66. The van der Waals surface area contributed by atoms with E-state index in [0.717, 1.165) is 18.6 Å². The van der Waals surface area contributed by atoms with E-state index >= 15 is 0 Å². The molecule has 0 saturated heterocycles. The zero-order valence-corrected chi connectivity index (χ0v) is 11.9. The van der Waals surface area contributed by atoms with E-state index in [4.69, 9.17) is 9.15 Å². The smallest absolute Gasteiger partial charge is 0.240 e. The van der Waals surface area contributed by atoms with Crippen LogP contribution in [0.2, 0.25) is 0 Å². The Morgan fingerprint density at radius 2 is 2.14 bits per heavy atom. The molecule has 0 spiro atoms. The van der Waals surface area contributed by atoms with Gasteiger partial charge in [0.25, 0.3) is 0 Å². The van der Waals surface area contributed by atoms with Gasteiger partial charge in [-0.15, -0.1) is 0 Å². The van der Waals surface area contributed by atoms with Gasteiger partial charge in [-0.1, -0.05) is 12.1 Å². The molecular weight excluding hydrogens is 268 g/mol. The first-order valence-corrected chi connectivity index (χ1v) is 6.76. The van der Waals surface area contributed by atoms with Crippen molar-refractivity contribution in [1.82, 2.24) is 5.43 Å². The highest BCUT2D eigenvalue weighted by molar-refractivity contribution is 5.80. The lowest BCUT2D eigenvalue weighted by Gasteiger charge is -2.03. The number of nitrogens with one attached hydrogen (secondary N) is 1. The van der Waals surface area contributed by atoms with E-state index in [1.54, 1.807) is 25.5 Å². The molecule has 1 aromatic carbocycles. The molecule has 0 aliphatic rings. The highest BCUT2D eigenvalue weighted by Gasteiger charge is 2.01. The van der Waals surface area contributed by atoms with Gasteiger partial charge in [0.15, 0.2) is 0 Å². The maximum atomic E-state index is 11.6. The molecule has 2 aromatic rings. The van der Waals surface area contributed by atoms with Crippen LogP contribution in [0.5, 0.6) is 5.75 Å². The third-order valence-corrected chi connectivity index (χ3v) is 2.95. The van der Waals surface area contributed by atoms with Crippen LogP contribution in [0.1, 0.15) is 24.2 Å². The molecule has 0 unspecified atom stereocenters. The fraction of sp³-hybridized carbons (Fsp3) is 0.250. The van der Waals surface area contributed by atoms with E-state index in [1.165, 1.54) is 11.8 Å². The monoisotopic (exact) mass is 286 g/mol. The summed E-state index contributed by atoms with van der Waals surface area (Å²) in [7, 11) is 1.64. The van der Waals surface area contributed by atoms with Gasteiger partial charge in [0.1, 0.15) is 11.5 Å². The molecule has 21 heavy (non-hydrogen) atoms. The third-order valence-electron chi connectivity index (χ3n) is 2.95. The molecule has 0 aliphatic heterocycles. The summed E-state index contributed by atoms with van der Waals surface area (Å²) in [5, 5.41) is 3.83. The Morgan fingerprint density at radius 3 is 2.81 bits per heavy atom. The van der Waals surface area contributed by atoms with Gasteiger partial charge in [-0.25, -0.2) is 5.43 Å². The Balaban J connectivity index is 1.66. The summed E-state index contributed by atoms with van der Waals surface area (Å²) in [6.45, 7) is 0. The van der Waals surface area contributed by atoms with Crippen LogP contribution in [0.25, 0.3) is 0 Å². The molecule has 5 nitrogen and oxygen atoms in total. The molecule has 1 amide bonds. The van der Waals surface area contributed by atoms with E-state index in [1.807, 2.05) is 24.3 Å². The van der Waals surface area contributed by atoms with E-state index in [0.29, 0.717) is 12.2 Å². The molecule has 0 aliphatic carbocycles. The maximum absolute atomic E-state index is 11.6. The van der Waals surface area contributed by atoms with Crippen molar-refractivity contribution in [2.24, 2.45) is 5.10 Å². The van der Waals surface area contributed by atoms with Gasteiger partial charge in [0.05, 0.1) is 19.6 Å². The highest BCUT2D eigenvalue weighted by atomic mass is 16.5. The van der Waals surface area contributed by atoms with E-state index in [-0.39, 0.29) is 5.91 Å². The number of hydrazone groups is 1. The number of ether oxygens (including phenoxy) is 1. The molecule has 0 radical (unpaired) electrons. The Hall–Kier alpha value is -2.56. The van der Waals surface area contributed by atoms with Gasteiger partial charge in [0.2, 0.25) is 5.91 Å². The van der Waals surface area contributed by atoms with Gasteiger partial charge < -0.3 is 9.15 Å². The average Bonchev–Trinajstić information content (AvgIpc) is 3.01. The van der Waals surface area contributed by atoms with Crippen molar-refractivity contribution in [2.45, 2.75) is 19.3 Å². The minimum atomic E-state index is -0.105. The fourth-order valence-corrected chi connectivity index (χ4v) is 1.83. The second-order valence-electron chi connectivity index (χ2n) is 4.51. The molecule has 0 saturated carbocycles. The minimum Gasteiger partial charge on any atom is -0.497 e. The summed E-state index contributed by atoms with van der Waals surface area (Å²) in [4.78, 5) is 11.6. The van der Waals surface area contributed by atoms with Crippen LogP contribution < -0.4 is 10.2 Å². The maximum Gasteiger partial charge on any atom is 0.240 e. The predicted octanol–water partition coefficient (Wildman–Crippen LogP) is 2.76. The number of hydrogen-bond donors (Lipinski definition) is 1. The second kappa shape index (κ2) is 7.89. The number of furan rings is 1. The molecule has 0 fully saturated rings. The number of rotatable bonds is 7. The first-order chi connectivity index (χ1) is 10.3. The van der Waals surface area contributed by atoms with Crippen LogP contribution in [-0.4, -0.2) is 19.2 Å². The highest BCUT2D eigenvalue weighted by Crippen LogP contribution is 2.13. The summed E-state index contributed by atoms with van der Waals surface area (Å²) < 4.78 is 10.2. The van der Waals surface area contributed by atoms with Crippen LogP contribution in [0.4, 0.5) is 0 Å². The molecule has 1 aromatic heterocycles. The molecule has 1 N–H and O–H groups in total. The van der Waals surface area contributed by atoms with Crippen molar-refractivity contribution in [3.8, 4) is 5.75 Å². The van der Waals surface area contributed by atoms with Gasteiger partial charge >= 0.3 is 0 Å². The zero-order chi connectivity index (χ0) is 14.9. The van der Waals surface area contributed by atoms with E-state index in [9.17, 15) is 4.79 Å². The number of amides is 1. The first kappa shape index (κ1) is 14.8. The fourth-order valence-electron chi connectivity index (χ4n) is 1.83. The van der Waals surface area contributed by atoms with Gasteiger partial charge in [0, 0.05) is 6.42 Å². The third kappa shape index (κ3) is 5.14. The van der Waals surface area contributed by atoms with Crippen molar-refractivity contribution >= 4 is 12.1 Å². The molecule has 2 rings (SSSR count). The SMILES string of the molecule is COc1ccc(CCCC(=O)NN=Cc2ccco2)cc1. The quantitative estimate of drug-likeness (QED) is 0.629. The molecule has 0 bridgehead atoms. The number of carbonyl (C=O) groups is 1. The van der Waals surface area contributed by atoms with Crippen molar-refractivity contribution < 1.29 is 13.9 Å². The summed E-state index contributed by atoms with van der Waals surface area (Å²) in [6.07, 6.45) is 5.08. The van der Waals surface area contributed by atoms with E-state index in [2.05, 4.69) is 10.5 Å². The van der Waals surface area contributed by atoms with Gasteiger partial charge in [-0.3, -0.25) is 4.79 Å². The van der Waals surface area contributed by atoms with Crippen molar-refractivity contribution in [3.05, 3.63) is 54.0 Å². The average molecular weight is 286 g/mol. The molecular formula is C16H18N2O3. The Labute approximate surface area is 123 Å². The standard InChI is InChI=1S/C16H18N2O3/c1-20-14-9-7-13(8-10-14)4-2-6-16(19)18-17-12-15-5-3-11-21-15/h3,5,7-12H,2,4,6H2,1H3,(H,18,19). The minimum absolute atomic E-state index is 0.105. The lowest BCUT2D eigenvalue weighted by atomic mass is 10.1. The summed E-state index contributed by atoms with van der Waals surface area (Å²) in [5.74, 6) is 1.34. The van der Waals surface area contributed by atoms with Crippen LogP contribution >= 0.6 is 0 Å². The Bertz CT molecular complexity index is 574. The topological polar surface area (TPSA) is 63.8 Å². The van der Waals surface area contributed by atoms with Gasteiger partial charge in [-0.2, -0.15) is 5.10 Å². The number of aryl methyl sites for hydroxylation is 1. The molecule has 110 valence electrons. The lowest BCUT2D eigenvalue weighted by molar-refractivity contribution is -0.121. The van der Waals surface area contributed by atoms with Crippen molar-refractivity contribution in [3.63, 3.8) is 0 Å². The zero-order valence-electron chi connectivity index (χ0n) is 11.9. The summed E-state index contributed by atoms with van der Waals surface area (Å²) in [6, 6.07) is 11.4. The number of carbonyl (C=O) groups excluding carboxylic acids is 1. The van der Waals surface area contributed by atoms with Crippen LogP contribution in [0.15, 0.2) is 52.2 Å². The largest absolute Gasteiger partial charge is 0.497 e. The van der Waals surface area contributed by atoms with Crippen LogP contribution in [0, 0.1) is 0 Å². The van der Waals surface area contributed by atoms with Crippen molar-refractivity contribution in [1.29, 1.82) is 0 Å². The molecule has 0 atom stereocenters. The lowest BCUT2D eigenvalue weighted by Crippen LogP contribution is -2.17. The number of nitrogens with zero attached hydrogens (tertiary/aromatic N) is 1. The van der Waals surface area contributed by atoms with Crippen molar-refractivity contribution in [2.75, 3.05) is 7.11 Å². The molecule has 5 heteroatoms. The predicted molar refractivity (Wildman–Crippen MR) is 80.4 cm³/mol. The van der Waals surface area contributed by atoms with Gasteiger partial charge in [-0.05, 0) is 42.7 Å². The summed E-state index contributed by atoms with van der Waals surface area (Å²) >= 11 is 0. The Kier molecular flexibility index (Phi) is 5.58.